The van der Waals surface area contributed by atoms with Gasteiger partial charge in [-0.05, 0) is 25.4 Å². The summed E-state index contributed by atoms with van der Waals surface area (Å²) in [6.45, 7) is 4.77. The number of nitrogens with one attached hydrogen (secondary N) is 1. The SMILES string of the molecule is CCC1CCNC1.O=S=O. The molecule has 1 aliphatic heterocycles. The highest BCUT2D eigenvalue weighted by Gasteiger charge is 2.10. The Morgan fingerprint density at radius 1 is 1.60 bits per heavy atom. The van der Waals surface area contributed by atoms with E-state index in [0.717, 1.165) is 5.92 Å². The van der Waals surface area contributed by atoms with Gasteiger partial charge in [-0.15, -0.1) is 0 Å². The molecule has 1 saturated heterocycles. The molecule has 0 amide bonds. The summed E-state index contributed by atoms with van der Waals surface area (Å²) in [4.78, 5) is 0. The molecule has 0 aromatic heterocycles. The van der Waals surface area contributed by atoms with Crippen molar-refractivity contribution in [3.63, 3.8) is 0 Å². The first kappa shape index (κ1) is 9.78. The van der Waals surface area contributed by atoms with Crippen molar-refractivity contribution >= 4 is 11.6 Å². The van der Waals surface area contributed by atoms with Crippen LogP contribution in [0.1, 0.15) is 19.8 Å². The van der Waals surface area contributed by atoms with Crippen molar-refractivity contribution in [3.8, 4) is 0 Å². The standard InChI is InChI=1S/C6H13N.O2S/c1-2-6-3-4-7-5-6;1-3-2/h6-7H,2-5H2,1H3;. The maximum Gasteiger partial charge on any atom is 0.335 e. The smallest absolute Gasteiger partial charge is 0.316 e. The topological polar surface area (TPSA) is 46.2 Å². The first-order valence-electron chi connectivity index (χ1n) is 3.47. The second-order valence-corrected chi connectivity index (χ2v) is 2.47. The van der Waals surface area contributed by atoms with Gasteiger partial charge in [0.25, 0.3) is 0 Å². The van der Waals surface area contributed by atoms with Gasteiger partial charge in [-0.2, -0.15) is 8.42 Å². The van der Waals surface area contributed by atoms with E-state index >= 15 is 0 Å². The molecule has 10 heavy (non-hydrogen) atoms. The van der Waals surface area contributed by atoms with E-state index in [1.807, 2.05) is 0 Å². The van der Waals surface area contributed by atoms with Crippen LogP contribution in [0.4, 0.5) is 0 Å². The summed E-state index contributed by atoms with van der Waals surface area (Å²) < 4.78 is 16.6. The maximum atomic E-state index is 8.29. The molecule has 1 fully saturated rings. The maximum absolute atomic E-state index is 8.29. The van der Waals surface area contributed by atoms with E-state index in [9.17, 15) is 0 Å². The monoisotopic (exact) mass is 163 g/mol. The molecule has 0 bridgehead atoms. The van der Waals surface area contributed by atoms with Crippen LogP contribution in [0.5, 0.6) is 0 Å². The highest BCUT2D eigenvalue weighted by atomic mass is 32.1. The molecule has 0 spiro atoms. The Bertz CT molecular complexity index is 106. The minimum Gasteiger partial charge on any atom is -0.316 e. The Kier molecular flexibility index (Phi) is 6.74. The Hall–Kier alpha value is -0.220. The molecule has 1 N–H and O–H groups in total. The van der Waals surface area contributed by atoms with Crippen molar-refractivity contribution in [2.45, 2.75) is 19.8 Å². The molecular weight excluding hydrogens is 150 g/mol. The lowest BCUT2D eigenvalue weighted by molar-refractivity contribution is 0.563. The van der Waals surface area contributed by atoms with Gasteiger partial charge in [-0.25, -0.2) is 0 Å². The van der Waals surface area contributed by atoms with Crippen molar-refractivity contribution in [3.05, 3.63) is 0 Å². The van der Waals surface area contributed by atoms with Gasteiger partial charge in [0, 0.05) is 0 Å². The highest BCUT2D eigenvalue weighted by Crippen LogP contribution is 2.09. The molecule has 3 nitrogen and oxygen atoms in total. The average molecular weight is 163 g/mol. The lowest BCUT2D eigenvalue weighted by Gasteiger charge is -1.98. The Labute approximate surface area is 64.8 Å². The minimum atomic E-state index is -0.750. The predicted octanol–water partition coefficient (Wildman–Crippen LogP) is 0.336. The summed E-state index contributed by atoms with van der Waals surface area (Å²) in [5.74, 6) is 0.986. The fraction of sp³-hybridized carbons (Fsp3) is 1.00. The van der Waals surface area contributed by atoms with Gasteiger partial charge in [0.2, 0.25) is 0 Å². The van der Waals surface area contributed by atoms with Crippen LogP contribution >= 0.6 is 0 Å². The lowest BCUT2D eigenvalue weighted by atomic mass is 10.1. The van der Waals surface area contributed by atoms with Gasteiger partial charge in [0.15, 0.2) is 0 Å². The molecule has 4 heteroatoms. The van der Waals surface area contributed by atoms with Crippen molar-refractivity contribution in [1.82, 2.24) is 5.32 Å². The summed E-state index contributed by atoms with van der Waals surface area (Å²) in [5, 5.41) is 3.32. The summed E-state index contributed by atoms with van der Waals surface area (Å²) in [6, 6.07) is 0. The van der Waals surface area contributed by atoms with Crippen LogP contribution in [-0.4, -0.2) is 21.5 Å². The zero-order chi connectivity index (χ0) is 7.82. The largest absolute Gasteiger partial charge is 0.335 e. The molecule has 0 radical (unpaired) electrons. The second kappa shape index (κ2) is 6.89. The fourth-order valence-electron chi connectivity index (χ4n) is 1.06. The van der Waals surface area contributed by atoms with Gasteiger partial charge >= 0.3 is 11.6 Å². The Morgan fingerprint density at radius 2 is 2.20 bits per heavy atom. The zero-order valence-corrected chi connectivity index (χ0v) is 6.95. The first-order valence-corrected chi connectivity index (χ1v) is 4.14. The van der Waals surface area contributed by atoms with Crippen molar-refractivity contribution in [1.29, 1.82) is 0 Å². The molecule has 0 aromatic rings. The van der Waals surface area contributed by atoms with Crippen molar-refractivity contribution < 1.29 is 8.42 Å². The molecule has 1 heterocycles. The summed E-state index contributed by atoms with van der Waals surface area (Å²) in [6.07, 6.45) is 2.75. The van der Waals surface area contributed by atoms with E-state index in [-0.39, 0.29) is 0 Å². The van der Waals surface area contributed by atoms with Crippen LogP contribution in [0, 0.1) is 5.92 Å². The molecule has 1 atom stereocenters. The molecule has 0 aromatic carbocycles. The normalized spacial score (nSPS) is 23.1. The van der Waals surface area contributed by atoms with E-state index in [1.54, 1.807) is 0 Å². The summed E-state index contributed by atoms with van der Waals surface area (Å²) >= 11 is -0.750. The molecule has 60 valence electrons. The molecule has 0 saturated carbocycles. The zero-order valence-electron chi connectivity index (χ0n) is 6.13. The third kappa shape index (κ3) is 4.64. The minimum absolute atomic E-state index is 0.750. The van der Waals surface area contributed by atoms with Gasteiger partial charge < -0.3 is 5.32 Å². The molecule has 0 aliphatic carbocycles. The molecule has 1 rings (SSSR count). The quantitative estimate of drug-likeness (QED) is 0.606. The molecule has 1 aliphatic rings. The second-order valence-electron chi connectivity index (χ2n) is 2.34. The van der Waals surface area contributed by atoms with E-state index < -0.39 is 11.6 Å². The highest BCUT2D eigenvalue weighted by molar-refractivity contribution is 7.51. The number of hydrogen-bond acceptors (Lipinski definition) is 3. The van der Waals surface area contributed by atoms with Crippen LogP contribution in [0.2, 0.25) is 0 Å². The van der Waals surface area contributed by atoms with Gasteiger partial charge in [0.05, 0.1) is 0 Å². The molecule has 1 unspecified atom stereocenters. The first-order chi connectivity index (χ1) is 4.85. The molecular formula is C6H13NO2S. The van der Waals surface area contributed by atoms with Crippen molar-refractivity contribution in [2.24, 2.45) is 5.92 Å². The number of rotatable bonds is 1. The lowest BCUT2D eigenvalue weighted by Crippen LogP contribution is -2.07. The third-order valence-electron chi connectivity index (χ3n) is 1.74. The summed E-state index contributed by atoms with van der Waals surface area (Å²) in [5.41, 5.74) is 0. The third-order valence-corrected chi connectivity index (χ3v) is 1.74. The fourth-order valence-corrected chi connectivity index (χ4v) is 1.06. The summed E-state index contributed by atoms with van der Waals surface area (Å²) in [7, 11) is 0. The van der Waals surface area contributed by atoms with Gasteiger partial charge in [0.1, 0.15) is 0 Å². The van der Waals surface area contributed by atoms with Crippen LogP contribution in [0.15, 0.2) is 0 Å². The van der Waals surface area contributed by atoms with Crippen LogP contribution in [0.25, 0.3) is 0 Å². The van der Waals surface area contributed by atoms with Crippen LogP contribution in [-0.2, 0) is 11.6 Å². The van der Waals surface area contributed by atoms with E-state index in [2.05, 4.69) is 12.2 Å². The van der Waals surface area contributed by atoms with Crippen LogP contribution in [0.3, 0.4) is 0 Å². The van der Waals surface area contributed by atoms with Gasteiger partial charge in [-0.1, -0.05) is 13.3 Å². The predicted molar refractivity (Wildman–Crippen MR) is 40.2 cm³/mol. The number of hydrogen-bond donors (Lipinski definition) is 1. The van der Waals surface area contributed by atoms with Crippen molar-refractivity contribution in [2.75, 3.05) is 13.1 Å². The van der Waals surface area contributed by atoms with E-state index in [0.29, 0.717) is 0 Å². The van der Waals surface area contributed by atoms with Gasteiger partial charge in [-0.3, -0.25) is 0 Å². The Balaban J connectivity index is 0.000000236. The van der Waals surface area contributed by atoms with E-state index in [4.69, 9.17) is 8.42 Å². The Morgan fingerprint density at radius 3 is 2.40 bits per heavy atom. The average Bonchev–Trinajstić information content (AvgIpc) is 2.39. The van der Waals surface area contributed by atoms with E-state index in [1.165, 1.54) is 25.9 Å². The van der Waals surface area contributed by atoms with Crippen LogP contribution < -0.4 is 5.32 Å².